The molecule has 1 aromatic rings. The first-order valence-corrected chi connectivity index (χ1v) is 8.01. The minimum Gasteiger partial charge on any atom is -0.493 e. The third-order valence-corrected chi connectivity index (χ3v) is 3.36. The highest BCUT2D eigenvalue weighted by Crippen LogP contribution is 2.35. The number of allylic oxidation sites excluding steroid dienone is 1. The second kappa shape index (κ2) is 9.54. The molecule has 0 amide bonds. The average molecular weight is 369 g/mol. The van der Waals surface area contributed by atoms with Crippen molar-refractivity contribution in [3.63, 3.8) is 0 Å². The number of benzene rings is 1. The fourth-order valence-electron chi connectivity index (χ4n) is 1.84. The Balaban J connectivity index is 2.90. The molecule has 0 radical (unpaired) electrons. The summed E-state index contributed by atoms with van der Waals surface area (Å²) in [6.45, 7) is 9.54. The van der Waals surface area contributed by atoms with Crippen LogP contribution < -0.4 is 15.4 Å². The highest BCUT2D eigenvalue weighted by molar-refractivity contribution is 9.10. The summed E-state index contributed by atoms with van der Waals surface area (Å²) in [6, 6.07) is 4.03. The SMILES string of the molecule is C=C(C=CNC)Nc1cc(COCC(C)C)cc(Br)c1OC. The molecule has 0 fully saturated rings. The van der Waals surface area contributed by atoms with Crippen molar-refractivity contribution < 1.29 is 9.47 Å². The minimum absolute atomic E-state index is 0.519. The summed E-state index contributed by atoms with van der Waals surface area (Å²) >= 11 is 3.54. The first-order valence-electron chi connectivity index (χ1n) is 7.21. The molecule has 22 heavy (non-hydrogen) atoms. The average Bonchev–Trinajstić information content (AvgIpc) is 2.44. The molecule has 0 aromatic heterocycles. The lowest BCUT2D eigenvalue weighted by molar-refractivity contribution is 0.0970. The third kappa shape index (κ3) is 6.12. The number of halogens is 1. The zero-order valence-electron chi connectivity index (χ0n) is 13.7. The predicted molar refractivity (Wildman–Crippen MR) is 96.2 cm³/mol. The summed E-state index contributed by atoms with van der Waals surface area (Å²) in [5, 5.41) is 6.18. The zero-order chi connectivity index (χ0) is 16.5. The quantitative estimate of drug-likeness (QED) is 0.638. The standard InChI is InChI=1S/C17H25BrN2O2/c1-12(2)10-22-11-14-8-15(18)17(21-5)16(9-14)20-13(3)6-7-19-4/h6-9,12,19-20H,3,10-11H2,1-2,4-5H3. The van der Waals surface area contributed by atoms with Crippen LogP contribution in [0.25, 0.3) is 0 Å². The lowest BCUT2D eigenvalue weighted by atomic mass is 10.2. The Hall–Kier alpha value is -1.46. The van der Waals surface area contributed by atoms with Gasteiger partial charge >= 0.3 is 0 Å². The molecule has 0 aliphatic carbocycles. The van der Waals surface area contributed by atoms with Crippen molar-refractivity contribution in [1.82, 2.24) is 5.32 Å². The molecule has 0 unspecified atom stereocenters. The van der Waals surface area contributed by atoms with Gasteiger partial charge in [-0.1, -0.05) is 20.4 Å². The summed E-state index contributed by atoms with van der Waals surface area (Å²) in [4.78, 5) is 0. The lowest BCUT2D eigenvalue weighted by Crippen LogP contribution is -2.04. The van der Waals surface area contributed by atoms with Gasteiger partial charge in [-0.05, 0) is 51.8 Å². The molecule has 122 valence electrons. The number of rotatable bonds is 9. The Morgan fingerprint density at radius 1 is 1.41 bits per heavy atom. The van der Waals surface area contributed by atoms with Crippen molar-refractivity contribution in [2.45, 2.75) is 20.5 Å². The van der Waals surface area contributed by atoms with E-state index in [0.29, 0.717) is 12.5 Å². The summed E-state index contributed by atoms with van der Waals surface area (Å²) in [7, 11) is 3.49. The molecular weight excluding hydrogens is 344 g/mol. The van der Waals surface area contributed by atoms with Crippen LogP contribution >= 0.6 is 15.9 Å². The molecule has 0 saturated carbocycles. The first-order chi connectivity index (χ1) is 10.5. The van der Waals surface area contributed by atoms with E-state index in [1.54, 1.807) is 7.11 Å². The van der Waals surface area contributed by atoms with Crippen molar-refractivity contribution in [3.05, 3.63) is 46.7 Å². The second-order valence-corrected chi connectivity index (χ2v) is 6.19. The molecular formula is C17H25BrN2O2. The van der Waals surface area contributed by atoms with Crippen LogP contribution in [0.3, 0.4) is 0 Å². The Bertz CT molecular complexity index is 528. The normalized spacial score (nSPS) is 11.0. The Morgan fingerprint density at radius 2 is 2.14 bits per heavy atom. The molecule has 0 spiro atoms. The topological polar surface area (TPSA) is 42.5 Å². The van der Waals surface area contributed by atoms with Crippen LogP contribution in [0.4, 0.5) is 5.69 Å². The maximum absolute atomic E-state index is 5.70. The Kier molecular flexibility index (Phi) is 8.06. The second-order valence-electron chi connectivity index (χ2n) is 5.34. The van der Waals surface area contributed by atoms with Gasteiger partial charge in [0.25, 0.3) is 0 Å². The number of hydrogen-bond donors (Lipinski definition) is 2. The van der Waals surface area contributed by atoms with Crippen LogP contribution in [0.1, 0.15) is 19.4 Å². The summed E-state index contributed by atoms with van der Waals surface area (Å²) in [5.41, 5.74) is 2.69. The van der Waals surface area contributed by atoms with Crippen LogP contribution in [-0.4, -0.2) is 20.8 Å². The summed E-state index contributed by atoms with van der Waals surface area (Å²) < 4.78 is 12.0. The van der Waals surface area contributed by atoms with Crippen LogP contribution in [-0.2, 0) is 11.3 Å². The van der Waals surface area contributed by atoms with E-state index in [2.05, 4.69) is 47.0 Å². The van der Waals surface area contributed by atoms with E-state index in [1.807, 2.05) is 31.5 Å². The maximum Gasteiger partial charge on any atom is 0.156 e. The highest BCUT2D eigenvalue weighted by Gasteiger charge is 2.10. The monoisotopic (exact) mass is 368 g/mol. The first kappa shape index (κ1) is 18.6. The van der Waals surface area contributed by atoms with Gasteiger partial charge in [-0.15, -0.1) is 0 Å². The van der Waals surface area contributed by atoms with E-state index in [4.69, 9.17) is 9.47 Å². The minimum atomic E-state index is 0.519. The molecule has 0 saturated heterocycles. The zero-order valence-corrected chi connectivity index (χ0v) is 15.3. The van der Waals surface area contributed by atoms with Gasteiger partial charge in [-0.3, -0.25) is 0 Å². The van der Waals surface area contributed by atoms with E-state index >= 15 is 0 Å². The molecule has 1 aromatic carbocycles. The van der Waals surface area contributed by atoms with Gasteiger partial charge in [0, 0.05) is 19.4 Å². The molecule has 0 heterocycles. The van der Waals surface area contributed by atoms with Gasteiger partial charge < -0.3 is 20.1 Å². The maximum atomic E-state index is 5.70. The number of hydrogen-bond acceptors (Lipinski definition) is 4. The van der Waals surface area contributed by atoms with Crippen LogP contribution in [0.15, 0.2) is 41.2 Å². The summed E-state index contributed by atoms with van der Waals surface area (Å²) in [5.74, 6) is 1.26. The van der Waals surface area contributed by atoms with Gasteiger partial charge in [-0.25, -0.2) is 0 Å². The van der Waals surface area contributed by atoms with Crippen molar-refractivity contribution in [3.8, 4) is 5.75 Å². The molecule has 2 N–H and O–H groups in total. The van der Waals surface area contributed by atoms with Gasteiger partial charge in [0.2, 0.25) is 0 Å². The molecule has 0 aliphatic heterocycles. The number of anilines is 1. The van der Waals surface area contributed by atoms with Gasteiger partial charge in [0.1, 0.15) is 0 Å². The van der Waals surface area contributed by atoms with Gasteiger partial charge in [-0.2, -0.15) is 0 Å². The lowest BCUT2D eigenvalue weighted by Gasteiger charge is -2.15. The molecule has 0 atom stereocenters. The van der Waals surface area contributed by atoms with Crippen molar-refractivity contribution >= 4 is 21.6 Å². The highest BCUT2D eigenvalue weighted by atomic mass is 79.9. The fraction of sp³-hybridized carbons (Fsp3) is 0.412. The predicted octanol–water partition coefficient (Wildman–Crippen LogP) is 4.29. The van der Waals surface area contributed by atoms with E-state index in [1.165, 1.54) is 0 Å². The van der Waals surface area contributed by atoms with Gasteiger partial charge in [0.15, 0.2) is 5.75 Å². The molecule has 0 aliphatic rings. The van der Waals surface area contributed by atoms with Gasteiger partial charge in [0.05, 0.1) is 23.9 Å². The molecule has 5 heteroatoms. The largest absolute Gasteiger partial charge is 0.493 e. The van der Waals surface area contributed by atoms with E-state index in [0.717, 1.165) is 33.8 Å². The molecule has 1 rings (SSSR count). The van der Waals surface area contributed by atoms with Crippen molar-refractivity contribution in [1.29, 1.82) is 0 Å². The number of ether oxygens (including phenoxy) is 2. The van der Waals surface area contributed by atoms with Crippen LogP contribution in [0.5, 0.6) is 5.75 Å². The molecule has 0 bridgehead atoms. The smallest absolute Gasteiger partial charge is 0.156 e. The van der Waals surface area contributed by atoms with E-state index < -0.39 is 0 Å². The third-order valence-electron chi connectivity index (χ3n) is 2.77. The van der Waals surface area contributed by atoms with Crippen molar-refractivity contribution in [2.75, 3.05) is 26.1 Å². The summed E-state index contributed by atoms with van der Waals surface area (Å²) in [6.07, 6.45) is 3.67. The van der Waals surface area contributed by atoms with E-state index in [-0.39, 0.29) is 0 Å². The fourth-order valence-corrected chi connectivity index (χ4v) is 2.51. The Morgan fingerprint density at radius 3 is 2.73 bits per heavy atom. The number of methoxy groups -OCH3 is 1. The number of nitrogens with one attached hydrogen (secondary N) is 2. The Labute approximate surface area is 141 Å². The van der Waals surface area contributed by atoms with E-state index in [9.17, 15) is 0 Å². The van der Waals surface area contributed by atoms with Crippen LogP contribution in [0, 0.1) is 5.92 Å². The van der Waals surface area contributed by atoms with Crippen LogP contribution in [0.2, 0.25) is 0 Å². The molecule has 4 nitrogen and oxygen atoms in total. The van der Waals surface area contributed by atoms with Crippen molar-refractivity contribution in [2.24, 2.45) is 5.92 Å².